The lowest BCUT2D eigenvalue weighted by Crippen LogP contribution is -2.44. The number of piperidine rings is 1. The lowest BCUT2D eigenvalue weighted by atomic mass is 9.97. The molecule has 2 N–H and O–H groups in total. The molecular formula is C14H20N2O3S. The molecule has 1 aliphatic rings. The molecular weight excluding hydrogens is 276 g/mol. The lowest BCUT2D eigenvalue weighted by molar-refractivity contribution is -0.145. The molecule has 0 aliphatic carbocycles. The summed E-state index contributed by atoms with van der Waals surface area (Å²) >= 11 is 1.67. The molecule has 1 aromatic heterocycles. The molecule has 1 aliphatic heterocycles. The molecule has 1 atom stereocenters. The van der Waals surface area contributed by atoms with E-state index in [-0.39, 0.29) is 17.9 Å². The highest BCUT2D eigenvalue weighted by atomic mass is 32.1. The van der Waals surface area contributed by atoms with E-state index in [1.807, 2.05) is 24.4 Å². The van der Waals surface area contributed by atoms with Gasteiger partial charge in [-0.1, -0.05) is 6.07 Å². The van der Waals surface area contributed by atoms with Crippen molar-refractivity contribution < 1.29 is 14.7 Å². The predicted molar refractivity (Wildman–Crippen MR) is 77.7 cm³/mol. The normalized spacial score (nSPS) is 17.9. The van der Waals surface area contributed by atoms with Crippen LogP contribution >= 0.6 is 11.3 Å². The lowest BCUT2D eigenvalue weighted by Gasteiger charge is -2.30. The van der Waals surface area contributed by atoms with E-state index in [0.29, 0.717) is 32.5 Å². The first-order valence-corrected chi connectivity index (χ1v) is 7.73. The molecule has 0 spiro atoms. The van der Waals surface area contributed by atoms with Crippen LogP contribution in [0, 0.1) is 5.92 Å². The van der Waals surface area contributed by atoms with Crippen LogP contribution in [0.3, 0.4) is 0 Å². The van der Waals surface area contributed by atoms with E-state index in [4.69, 9.17) is 5.11 Å². The highest BCUT2D eigenvalue weighted by molar-refractivity contribution is 7.10. The number of carboxylic acids is 1. The van der Waals surface area contributed by atoms with Gasteiger partial charge in [-0.3, -0.25) is 9.59 Å². The van der Waals surface area contributed by atoms with Gasteiger partial charge in [0.15, 0.2) is 0 Å². The number of nitrogens with one attached hydrogen (secondary N) is 1. The molecule has 1 amide bonds. The van der Waals surface area contributed by atoms with Crippen LogP contribution < -0.4 is 5.32 Å². The third kappa shape index (κ3) is 3.80. The molecule has 1 saturated heterocycles. The Morgan fingerprint density at radius 1 is 1.50 bits per heavy atom. The minimum Gasteiger partial charge on any atom is -0.481 e. The highest BCUT2D eigenvalue weighted by Crippen LogP contribution is 2.19. The smallest absolute Gasteiger partial charge is 0.306 e. The van der Waals surface area contributed by atoms with E-state index >= 15 is 0 Å². The second-order valence-electron chi connectivity index (χ2n) is 5.11. The van der Waals surface area contributed by atoms with E-state index in [2.05, 4.69) is 5.32 Å². The molecule has 0 bridgehead atoms. The van der Waals surface area contributed by atoms with Crippen molar-refractivity contribution in [3.63, 3.8) is 0 Å². The quantitative estimate of drug-likeness (QED) is 0.868. The average molecular weight is 296 g/mol. The molecule has 1 fully saturated rings. The Hall–Kier alpha value is -1.40. The van der Waals surface area contributed by atoms with Gasteiger partial charge in [-0.25, -0.2) is 0 Å². The fraction of sp³-hybridized carbons (Fsp3) is 0.571. The fourth-order valence-corrected chi connectivity index (χ4v) is 3.13. The Bertz CT molecular complexity index is 453. The van der Waals surface area contributed by atoms with Gasteiger partial charge in [0.2, 0.25) is 5.91 Å². The minimum atomic E-state index is -0.749. The van der Waals surface area contributed by atoms with Crippen molar-refractivity contribution in [1.29, 1.82) is 0 Å². The molecule has 6 heteroatoms. The number of rotatable bonds is 5. The maximum absolute atomic E-state index is 12.1. The van der Waals surface area contributed by atoms with Gasteiger partial charge in [0, 0.05) is 24.0 Å². The van der Waals surface area contributed by atoms with Crippen LogP contribution in [0.1, 0.15) is 30.7 Å². The van der Waals surface area contributed by atoms with Crippen LogP contribution in [0.4, 0.5) is 0 Å². The highest BCUT2D eigenvalue weighted by Gasteiger charge is 2.26. The summed E-state index contributed by atoms with van der Waals surface area (Å²) in [6.45, 7) is 3.43. The maximum Gasteiger partial charge on any atom is 0.306 e. The van der Waals surface area contributed by atoms with Crippen LogP contribution in [0.15, 0.2) is 17.5 Å². The van der Waals surface area contributed by atoms with Crippen molar-refractivity contribution in [2.45, 2.75) is 25.8 Å². The van der Waals surface area contributed by atoms with Gasteiger partial charge >= 0.3 is 5.97 Å². The average Bonchev–Trinajstić information content (AvgIpc) is 2.98. The zero-order valence-corrected chi connectivity index (χ0v) is 12.4. The number of carbonyl (C=O) groups excluding carboxylic acids is 1. The number of thiophene rings is 1. The standard InChI is InChI=1S/C14H20N2O3S/c1-10(12-3-2-8-20-12)15-9-13(17)16-6-4-11(5-7-16)14(18)19/h2-3,8,10-11,15H,4-7,9H2,1H3,(H,18,19)/t10-/m1/s1. The molecule has 2 heterocycles. The van der Waals surface area contributed by atoms with E-state index < -0.39 is 5.97 Å². The third-order valence-electron chi connectivity index (χ3n) is 3.73. The predicted octanol–water partition coefficient (Wildman–Crippen LogP) is 1.72. The number of amides is 1. The van der Waals surface area contributed by atoms with E-state index in [1.165, 1.54) is 4.88 Å². The Balaban J connectivity index is 1.74. The van der Waals surface area contributed by atoms with Crippen molar-refractivity contribution in [3.8, 4) is 0 Å². The van der Waals surface area contributed by atoms with Crippen molar-refractivity contribution in [3.05, 3.63) is 22.4 Å². The van der Waals surface area contributed by atoms with E-state index in [1.54, 1.807) is 16.2 Å². The van der Waals surface area contributed by atoms with Crippen LogP contribution in [-0.4, -0.2) is 41.5 Å². The van der Waals surface area contributed by atoms with Crippen molar-refractivity contribution in [2.24, 2.45) is 5.92 Å². The molecule has 0 radical (unpaired) electrons. The van der Waals surface area contributed by atoms with Crippen LogP contribution in [-0.2, 0) is 9.59 Å². The summed E-state index contributed by atoms with van der Waals surface area (Å²) < 4.78 is 0. The topological polar surface area (TPSA) is 69.6 Å². The summed E-state index contributed by atoms with van der Waals surface area (Å²) in [5.74, 6) is -0.990. The van der Waals surface area contributed by atoms with Crippen LogP contribution in [0.2, 0.25) is 0 Å². The number of hydrogen-bond donors (Lipinski definition) is 2. The summed E-state index contributed by atoms with van der Waals surface area (Å²) in [5, 5.41) is 14.2. The summed E-state index contributed by atoms with van der Waals surface area (Å²) in [4.78, 5) is 25.9. The SMILES string of the molecule is C[C@@H](NCC(=O)N1CCC(C(=O)O)CC1)c1cccs1. The molecule has 0 unspecified atom stereocenters. The third-order valence-corrected chi connectivity index (χ3v) is 4.78. The molecule has 0 aromatic carbocycles. The second-order valence-corrected chi connectivity index (χ2v) is 6.09. The Kier molecular flexibility index (Phi) is 5.14. The maximum atomic E-state index is 12.1. The summed E-state index contributed by atoms with van der Waals surface area (Å²) in [5.41, 5.74) is 0. The molecule has 0 saturated carbocycles. The van der Waals surface area contributed by atoms with Gasteiger partial charge in [0.05, 0.1) is 12.5 Å². The van der Waals surface area contributed by atoms with E-state index in [9.17, 15) is 9.59 Å². The molecule has 2 rings (SSSR count). The van der Waals surface area contributed by atoms with Crippen molar-refractivity contribution in [1.82, 2.24) is 10.2 Å². The van der Waals surface area contributed by atoms with Crippen molar-refractivity contribution >= 4 is 23.2 Å². The molecule has 5 nitrogen and oxygen atoms in total. The summed E-state index contributed by atoms with van der Waals surface area (Å²) in [6.07, 6.45) is 1.11. The number of likely N-dealkylation sites (tertiary alicyclic amines) is 1. The Morgan fingerprint density at radius 3 is 2.75 bits per heavy atom. The fourth-order valence-electron chi connectivity index (χ4n) is 2.37. The van der Waals surface area contributed by atoms with Gasteiger partial charge in [-0.15, -0.1) is 11.3 Å². The first-order chi connectivity index (χ1) is 9.58. The summed E-state index contributed by atoms with van der Waals surface area (Å²) in [6, 6.07) is 4.21. The first kappa shape index (κ1) is 15.0. The van der Waals surface area contributed by atoms with E-state index in [0.717, 1.165) is 0 Å². The zero-order valence-electron chi connectivity index (χ0n) is 11.5. The molecule has 20 heavy (non-hydrogen) atoms. The van der Waals surface area contributed by atoms with Gasteiger partial charge in [0.1, 0.15) is 0 Å². The van der Waals surface area contributed by atoms with Gasteiger partial charge in [-0.05, 0) is 31.2 Å². The first-order valence-electron chi connectivity index (χ1n) is 6.85. The minimum absolute atomic E-state index is 0.0530. The number of carbonyl (C=O) groups is 2. The monoisotopic (exact) mass is 296 g/mol. The van der Waals surface area contributed by atoms with Crippen LogP contribution in [0.25, 0.3) is 0 Å². The van der Waals surface area contributed by atoms with Crippen LogP contribution in [0.5, 0.6) is 0 Å². The van der Waals surface area contributed by atoms with Gasteiger partial charge in [-0.2, -0.15) is 0 Å². The number of carboxylic acid groups (broad SMARTS) is 1. The second kappa shape index (κ2) is 6.85. The largest absolute Gasteiger partial charge is 0.481 e. The number of hydrogen-bond acceptors (Lipinski definition) is 4. The summed E-state index contributed by atoms with van der Waals surface area (Å²) in [7, 11) is 0. The van der Waals surface area contributed by atoms with Crippen molar-refractivity contribution in [2.75, 3.05) is 19.6 Å². The number of aliphatic carboxylic acids is 1. The zero-order chi connectivity index (χ0) is 14.5. The number of nitrogens with zero attached hydrogens (tertiary/aromatic N) is 1. The molecule has 1 aromatic rings. The van der Waals surface area contributed by atoms with Gasteiger partial charge in [0.25, 0.3) is 0 Å². The molecule has 110 valence electrons. The van der Waals surface area contributed by atoms with Gasteiger partial charge < -0.3 is 15.3 Å². The Labute approximate surface area is 122 Å². The Morgan fingerprint density at radius 2 is 2.20 bits per heavy atom.